The molecule has 1 N–H and O–H groups in total. The lowest BCUT2D eigenvalue weighted by atomic mass is 10.1. The first-order valence-electron chi connectivity index (χ1n) is 6.20. The van der Waals surface area contributed by atoms with Crippen molar-refractivity contribution in [1.29, 1.82) is 0 Å². The van der Waals surface area contributed by atoms with E-state index in [1.807, 2.05) is 26.1 Å². The topological polar surface area (TPSA) is 30.5 Å². The summed E-state index contributed by atoms with van der Waals surface area (Å²) in [5.74, 6) is 0.906. The summed E-state index contributed by atoms with van der Waals surface area (Å²) >= 11 is 0. The second-order valence-corrected chi connectivity index (χ2v) is 4.23. The maximum atomic E-state index is 5.87. The molecule has 0 aliphatic rings. The zero-order valence-electron chi connectivity index (χ0n) is 11.2. The lowest BCUT2D eigenvalue weighted by molar-refractivity contribution is 0.00812. The predicted molar refractivity (Wildman–Crippen MR) is 70.5 cm³/mol. The fourth-order valence-corrected chi connectivity index (χ4v) is 1.70. The normalized spacial score (nSPS) is 12.8. The van der Waals surface area contributed by atoms with Crippen molar-refractivity contribution in [3.63, 3.8) is 0 Å². The van der Waals surface area contributed by atoms with Crippen LogP contribution in [0.3, 0.4) is 0 Å². The summed E-state index contributed by atoms with van der Waals surface area (Å²) in [7, 11) is 1.94. The summed E-state index contributed by atoms with van der Waals surface area (Å²) < 4.78 is 11.3. The number of hydrogen-bond donors (Lipinski definition) is 1. The van der Waals surface area contributed by atoms with Crippen molar-refractivity contribution < 1.29 is 9.47 Å². The molecule has 0 saturated heterocycles. The van der Waals surface area contributed by atoms with Crippen LogP contribution < -0.4 is 10.1 Å². The number of likely N-dealkylation sites (N-methyl/N-ethyl adjacent to an activating group) is 1. The molecule has 0 radical (unpaired) electrons. The molecule has 0 aromatic heterocycles. The summed E-state index contributed by atoms with van der Waals surface area (Å²) in [6.45, 7) is 7.60. The van der Waals surface area contributed by atoms with Gasteiger partial charge in [0.1, 0.15) is 5.75 Å². The van der Waals surface area contributed by atoms with Crippen molar-refractivity contribution in [2.75, 3.05) is 20.2 Å². The van der Waals surface area contributed by atoms with Gasteiger partial charge in [0.05, 0.1) is 18.8 Å². The van der Waals surface area contributed by atoms with Gasteiger partial charge in [-0.05, 0) is 45.5 Å². The van der Waals surface area contributed by atoms with Gasteiger partial charge in [-0.25, -0.2) is 0 Å². The highest BCUT2D eigenvalue weighted by Crippen LogP contribution is 2.21. The average Bonchev–Trinajstić information content (AvgIpc) is 2.29. The van der Waals surface area contributed by atoms with E-state index in [0.717, 1.165) is 12.3 Å². The van der Waals surface area contributed by atoms with Gasteiger partial charge >= 0.3 is 0 Å². The molecule has 0 aliphatic heterocycles. The van der Waals surface area contributed by atoms with E-state index in [2.05, 4.69) is 31.3 Å². The number of rotatable bonds is 7. The number of nitrogens with one attached hydrogen (secondary N) is 1. The minimum Gasteiger partial charge on any atom is -0.494 e. The molecule has 0 aliphatic carbocycles. The highest BCUT2D eigenvalue weighted by Gasteiger charge is 2.12. The zero-order chi connectivity index (χ0) is 12.7. The van der Waals surface area contributed by atoms with E-state index in [1.165, 1.54) is 5.56 Å². The molecule has 1 atom stereocenters. The van der Waals surface area contributed by atoms with Gasteiger partial charge in [-0.15, -0.1) is 0 Å². The van der Waals surface area contributed by atoms with Gasteiger partial charge in [0, 0.05) is 6.54 Å². The van der Waals surface area contributed by atoms with Crippen LogP contribution in [0.25, 0.3) is 0 Å². The minimum absolute atomic E-state index is 0.0932. The number of ether oxygens (including phenoxy) is 2. The molecule has 0 spiro atoms. The van der Waals surface area contributed by atoms with Crippen LogP contribution in [0.1, 0.15) is 32.4 Å². The van der Waals surface area contributed by atoms with Gasteiger partial charge in [0.25, 0.3) is 0 Å². The summed E-state index contributed by atoms with van der Waals surface area (Å²) in [6, 6.07) is 8.11. The maximum absolute atomic E-state index is 5.87. The Bertz CT molecular complexity index is 309. The van der Waals surface area contributed by atoms with Gasteiger partial charge in [-0.3, -0.25) is 0 Å². The third kappa shape index (κ3) is 4.75. The fraction of sp³-hybridized carbons (Fsp3) is 0.571. The first-order valence-corrected chi connectivity index (χ1v) is 6.20. The standard InChI is InChI=1S/C14H23NO2/c1-5-16-13-8-6-12(7-9-13)14(10-15-4)17-11(2)3/h6-9,11,14-15H,5,10H2,1-4H3/t14-/m0/s1. The first kappa shape index (κ1) is 14.0. The molecular weight excluding hydrogens is 214 g/mol. The highest BCUT2D eigenvalue weighted by molar-refractivity contribution is 5.28. The Morgan fingerprint density at radius 3 is 2.29 bits per heavy atom. The molecule has 0 amide bonds. The Morgan fingerprint density at radius 2 is 1.82 bits per heavy atom. The molecule has 0 bridgehead atoms. The Hall–Kier alpha value is -1.06. The quantitative estimate of drug-likeness (QED) is 0.791. The van der Waals surface area contributed by atoms with E-state index < -0.39 is 0 Å². The molecule has 0 saturated carbocycles. The Balaban J connectivity index is 2.72. The van der Waals surface area contributed by atoms with Gasteiger partial charge in [-0.1, -0.05) is 12.1 Å². The van der Waals surface area contributed by atoms with Crippen LogP contribution in [0.2, 0.25) is 0 Å². The molecule has 0 unspecified atom stereocenters. The van der Waals surface area contributed by atoms with Crippen LogP contribution >= 0.6 is 0 Å². The van der Waals surface area contributed by atoms with Crippen LogP contribution in [-0.4, -0.2) is 26.3 Å². The Morgan fingerprint density at radius 1 is 1.18 bits per heavy atom. The molecule has 0 heterocycles. The van der Waals surface area contributed by atoms with Crippen molar-refractivity contribution in [1.82, 2.24) is 5.32 Å². The van der Waals surface area contributed by atoms with Gasteiger partial charge in [0.15, 0.2) is 0 Å². The summed E-state index contributed by atoms with van der Waals surface area (Å²) in [5.41, 5.74) is 1.18. The van der Waals surface area contributed by atoms with E-state index in [1.54, 1.807) is 0 Å². The highest BCUT2D eigenvalue weighted by atomic mass is 16.5. The van der Waals surface area contributed by atoms with Crippen LogP contribution in [0.5, 0.6) is 5.75 Å². The lowest BCUT2D eigenvalue weighted by Gasteiger charge is -2.20. The van der Waals surface area contributed by atoms with Crippen molar-refractivity contribution in [2.24, 2.45) is 0 Å². The van der Waals surface area contributed by atoms with Crippen molar-refractivity contribution in [3.05, 3.63) is 29.8 Å². The van der Waals surface area contributed by atoms with Crippen LogP contribution in [0, 0.1) is 0 Å². The summed E-state index contributed by atoms with van der Waals surface area (Å²) in [5, 5.41) is 3.16. The third-order valence-electron chi connectivity index (χ3n) is 2.39. The smallest absolute Gasteiger partial charge is 0.119 e. The molecular formula is C14H23NO2. The van der Waals surface area contributed by atoms with Gasteiger partial charge < -0.3 is 14.8 Å². The van der Waals surface area contributed by atoms with Gasteiger partial charge in [-0.2, -0.15) is 0 Å². The Kier molecular flexibility index (Phi) is 6.01. The maximum Gasteiger partial charge on any atom is 0.119 e. The minimum atomic E-state index is 0.0932. The molecule has 1 aromatic rings. The van der Waals surface area contributed by atoms with E-state index in [9.17, 15) is 0 Å². The Labute approximate surface area is 104 Å². The monoisotopic (exact) mass is 237 g/mol. The summed E-state index contributed by atoms with van der Waals surface area (Å²) in [6.07, 6.45) is 0.315. The second kappa shape index (κ2) is 7.30. The van der Waals surface area contributed by atoms with E-state index in [-0.39, 0.29) is 12.2 Å². The van der Waals surface area contributed by atoms with Crippen molar-refractivity contribution in [3.8, 4) is 5.75 Å². The largest absolute Gasteiger partial charge is 0.494 e. The van der Waals surface area contributed by atoms with Crippen molar-refractivity contribution in [2.45, 2.75) is 33.0 Å². The SMILES string of the molecule is CCOc1ccc([C@H](CNC)OC(C)C)cc1. The summed E-state index contributed by atoms with van der Waals surface area (Å²) in [4.78, 5) is 0. The molecule has 1 rings (SSSR count). The third-order valence-corrected chi connectivity index (χ3v) is 2.39. The van der Waals surface area contributed by atoms with Crippen LogP contribution in [0.4, 0.5) is 0 Å². The first-order chi connectivity index (χ1) is 8.17. The van der Waals surface area contributed by atoms with Crippen molar-refractivity contribution >= 4 is 0 Å². The molecule has 3 nitrogen and oxygen atoms in total. The second-order valence-electron chi connectivity index (χ2n) is 4.23. The van der Waals surface area contributed by atoms with E-state index in [0.29, 0.717) is 6.61 Å². The van der Waals surface area contributed by atoms with Crippen LogP contribution in [-0.2, 0) is 4.74 Å². The zero-order valence-corrected chi connectivity index (χ0v) is 11.2. The predicted octanol–water partition coefficient (Wildman–Crippen LogP) is 2.77. The molecule has 1 aromatic carbocycles. The fourth-order valence-electron chi connectivity index (χ4n) is 1.70. The lowest BCUT2D eigenvalue weighted by Crippen LogP contribution is -2.22. The van der Waals surface area contributed by atoms with E-state index in [4.69, 9.17) is 9.47 Å². The number of hydrogen-bond acceptors (Lipinski definition) is 3. The molecule has 0 fully saturated rings. The molecule has 96 valence electrons. The molecule has 17 heavy (non-hydrogen) atoms. The molecule has 3 heteroatoms. The van der Waals surface area contributed by atoms with Gasteiger partial charge in [0.2, 0.25) is 0 Å². The van der Waals surface area contributed by atoms with E-state index >= 15 is 0 Å². The average molecular weight is 237 g/mol. The van der Waals surface area contributed by atoms with Crippen LogP contribution in [0.15, 0.2) is 24.3 Å². The number of benzene rings is 1.